The Hall–Kier alpha value is -0.570. The van der Waals surface area contributed by atoms with Gasteiger partial charge in [0.15, 0.2) is 0 Å². The molecule has 100 valence electrons. The van der Waals surface area contributed by atoms with Crippen molar-refractivity contribution in [2.75, 3.05) is 13.2 Å². The predicted octanol–water partition coefficient (Wildman–Crippen LogP) is 3.03. The fraction of sp³-hybridized carbons (Fsp3) is 0.929. The van der Waals surface area contributed by atoms with Gasteiger partial charge in [0.25, 0.3) is 0 Å². The molecule has 0 saturated carbocycles. The van der Waals surface area contributed by atoms with Crippen LogP contribution in [0.1, 0.15) is 64.7 Å². The van der Waals surface area contributed by atoms with E-state index in [4.69, 9.17) is 4.74 Å². The van der Waals surface area contributed by atoms with E-state index in [2.05, 4.69) is 12.2 Å². The highest BCUT2D eigenvalue weighted by Gasteiger charge is 2.14. The van der Waals surface area contributed by atoms with Gasteiger partial charge in [-0.3, -0.25) is 4.79 Å². The topological polar surface area (TPSA) is 38.3 Å². The second kappa shape index (κ2) is 9.46. The second-order valence-corrected chi connectivity index (χ2v) is 4.97. The molecule has 17 heavy (non-hydrogen) atoms. The Labute approximate surface area is 105 Å². The average Bonchev–Trinajstić information content (AvgIpc) is 2.37. The summed E-state index contributed by atoms with van der Waals surface area (Å²) in [5.41, 5.74) is 0. The molecule has 0 radical (unpaired) electrons. The normalized spacial score (nSPS) is 20.2. The number of carbonyl (C=O) groups is 1. The summed E-state index contributed by atoms with van der Waals surface area (Å²) in [6, 6.07) is 0.538. The first-order valence-corrected chi connectivity index (χ1v) is 7.22. The third-order valence-corrected chi connectivity index (χ3v) is 3.37. The van der Waals surface area contributed by atoms with Crippen molar-refractivity contribution in [2.24, 2.45) is 0 Å². The summed E-state index contributed by atoms with van der Waals surface area (Å²) >= 11 is 0. The third kappa shape index (κ3) is 7.37. The van der Waals surface area contributed by atoms with Crippen LogP contribution in [-0.2, 0) is 9.53 Å². The molecule has 0 aromatic rings. The molecule has 1 atom stereocenters. The first-order valence-electron chi connectivity index (χ1n) is 7.22. The lowest BCUT2D eigenvalue weighted by Crippen LogP contribution is -2.34. The molecule has 1 aliphatic heterocycles. The zero-order valence-corrected chi connectivity index (χ0v) is 11.2. The molecule has 0 aliphatic carbocycles. The van der Waals surface area contributed by atoms with Crippen LogP contribution in [0.4, 0.5) is 0 Å². The van der Waals surface area contributed by atoms with Crippen molar-refractivity contribution in [1.82, 2.24) is 5.32 Å². The van der Waals surface area contributed by atoms with Crippen molar-refractivity contribution in [3.05, 3.63) is 0 Å². The molecule has 3 nitrogen and oxygen atoms in total. The first kappa shape index (κ1) is 14.5. The van der Waals surface area contributed by atoms with Crippen molar-refractivity contribution in [1.29, 1.82) is 0 Å². The lowest BCUT2D eigenvalue weighted by atomic mass is 10.0. The number of rotatable bonds is 8. The van der Waals surface area contributed by atoms with Gasteiger partial charge in [0.2, 0.25) is 0 Å². The SMILES string of the molecule is CCCCCCOC(=O)CCC1CCCCN1. The molecule has 0 bridgehead atoms. The van der Waals surface area contributed by atoms with Crippen molar-refractivity contribution in [3.8, 4) is 0 Å². The van der Waals surface area contributed by atoms with Crippen LogP contribution < -0.4 is 5.32 Å². The third-order valence-electron chi connectivity index (χ3n) is 3.37. The molecule has 1 fully saturated rings. The molecular formula is C14H27NO2. The number of ether oxygens (including phenoxy) is 1. The van der Waals surface area contributed by atoms with Crippen LogP contribution in [0.25, 0.3) is 0 Å². The van der Waals surface area contributed by atoms with E-state index in [-0.39, 0.29) is 5.97 Å². The summed E-state index contributed by atoms with van der Waals surface area (Å²) < 4.78 is 5.21. The molecule has 0 aromatic carbocycles. The van der Waals surface area contributed by atoms with Gasteiger partial charge in [-0.05, 0) is 32.2 Å². The van der Waals surface area contributed by atoms with Gasteiger partial charge in [0, 0.05) is 12.5 Å². The molecule has 1 rings (SSSR count). The summed E-state index contributed by atoms with van der Waals surface area (Å²) in [6.07, 6.45) is 9.95. The Morgan fingerprint density at radius 2 is 2.18 bits per heavy atom. The Kier molecular flexibility index (Phi) is 8.06. The molecule has 0 amide bonds. The number of hydrogen-bond acceptors (Lipinski definition) is 3. The van der Waals surface area contributed by atoms with Crippen LogP contribution in [0.3, 0.4) is 0 Å². The van der Waals surface area contributed by atoms with Crippen LogP contribution in [0.5, 0.6) is 0 Å². The number of piperidine rings is 1. The fourth-order valence-corrected chi connectivity index (χ4v) is 2.25. The fourth-order valence-electron chi connectivity index (χ4n) is 2.25. The average molecular weight is 241 g/mol. The molecule has 0 aromatic heterocycles. The molecular weight excluding hydrogens is 214 g/mol. The van der Waals surface area contributed by atoms with Gasteiger partial charge in [-0.25, -0.2) is 0 Å². The first-order chi connectivity index (χ1) is 8.33. The van der Waals surface area contributed by atoms with Gasteiger partial charge < -0.3 is 10.1 Å². The lowest BCUT2D eigenvalue weighted by molar-refractivity contribution is -0.144. The summed E-state index contributed by atoms with van der Waals surface area (Å²) in [4.78, 5) is 11.5. The quantitative estimate of drug-likeness (QED) is 0.524. The van der Waals surface area contributed by atoms with Gasteiger partial charge in [-0.15, -0.1) is 0 Å². The van der Waals surface area contributed by atoms with E-state index < -0.39 is 0 Å². The number of nitrogens with one attached hydrogen (secondary N) is 1. The van der Waals surface area contributed by atoms with E-state index in [1.165, 1.54) is 38.5 Å². The minimum atomic E-state index is -0.0196. The highest BCUT2D eigenvalue weighted by Crippen LogP contribution is 2.12. The van der Waals surface area contributed by atoms with Crippen LogP contribution in [0, 0.1) is 0 Å². The lowest BCUT2D eigenvalue weighted by Gasteiger charge is -2.22. The van der Waals surface area contributed by atoms with E-state index in [1.54, 1.807) is 0 Å². The zero-order valence-electron chi connectivity index (χ0n) is 11.2. The Morgan fingerprint density at radius 1 is 1.29 bits per heavy atom. The number of unbranched alkanes of at least 4 members (excludes halogenated alkanes) is 3. The van der Waals surface area contributed by atoms with Gasteiger partial charge >= 0.3 is 5.97 Å². The van der Waals surface area contributed by atoms with E-state index in [1.807, 2.05) is 0 Å². The van der Waals surface area contributed by atoms with Crippen LogP contribution in [-0.4, -0.2) is 25.2 Å². The van der Waals surface area contributed by atoms with Crippen LogP contribution in [0.15, 0.2) is 0 Å². The molecule has 1 aliphatic rings. The molecule has 1 N–H and O–H groups in total. The summed E-state index contributed by atoms with van der Waals surface area (Å²) in [5, 5.41) is 3.45. The molecule has 1 heterocycles. The summed E-state index contributed by atoms with van der Waals surface area (Å²) in [6.45, 7) is 3.90. The highest BCUT2D eigenvalue weighted by molar-refractivity contribution is 5.69. The summed E-state index contributed by atoms with van der Waals surface area (Å²) in [7, 11) is 0. The minimum Gasteiger partial charge on any atom is -0.466 e. The van der Waals surface area contributed by atoms with Crippen molar-refractivity contribution in [3.63, 3.8) is 0 Å². The van der Waals surface area contributed by atoms with E-state index in [0.717, 1.165) is 19.4 Å². The van der Waals surface area contributed by atoms with Gasteiger partial charge in [0.05, 0.1) is 6.61 Å². The number of esters is 1. The smallest absolute Gasteiger partial charge is 0.305 e. The van der Waals surface area contributed by atoms with Crippen molar-refractivity contribution < 1.29 is 9.53 Å². The van der Waals surface area contributed by atoms with Gasteiger partial charge in [-0.2, -0.15) is 0 Å². The monoisotopic (exact) mass is 241 g/mol. The molecule has 3 heteroatoms. The summed E-state index contributed by atoms with van der Waals surface area (Å²) in [5.74, 6) is -0.0196. The Morgan fingerprint density at radius 3 is 2.88 bits per heavy atom. The van der Waals surface area contributed by atoms with Gasteiger partial charge in [0.1, 0.15) is 0 Å². The molecule has 1 saturated heterocycles. The Bertz CT molecular complexity index is 200. The van der Waals surface area contributed by atoms with Gasteiger partial charge in [-0.1, -0.05) is 32.6 Å². The molecule has 1 unspecified atom stereocenters. The second-order valence-electron chi connectivity index (χ2n) is 4.97. The number of hydrogen-bond donors (Lipinski definition) is 1. The van der Waals surface area contributed by atoms with Crippen LogP contribution in [0.2, 0.25) is 0 Å². The highest BCUT2D eigenvalue weighted by atomic mass is 16.5. The van der Waals surface area contributed by atoms with E-state index >= 15 is 0 Å². The van der Waals surface area contributed by atoms with Crippen molar-refractivity contribution in [2.45, 2.75) is 70.8 Å². The maximum absolute atomic E-state index is 11.5. The molecule has 0 spiro atoms. The maximum Gasteiger partial charge on any atom is 0.305 e. The largest absolute Gasteiger partial charge is 0.466 e. The number of carbonyl (C=O) groups excluding carboxylic acids is 1. The predicted molar refractivity (Wildman–Crippen MR) is 70.0 cm³/mol. The Balaban J connectivity index is 1.93. The standard InChI is InChI=1S/C14H27NO2/c1-2-3-4-7-12-17-14(16)10-9-13-8-5-6-11-15-13/h13,15H,2-12H2,1H3. The van der Waals surface area contributed by atoms with Crippen molar-refractivity contribution >= 4 is 5.97 Å². The minimum absolute atomic E-state index is 0.0196. The zero-order chi connectivity index (χ0) is 12.3. The van der Waals surface area contributed by atoms with Crippen LogP contribution >= 0.6 is 0 Å². The van der Waals surface area contributed by atoms with E-state index in [0.29, 0.717) is 19.1 Å². The van der Waals surface area contributed by atoms with E-state index in [9.17, 15) is 4.79 Å². The maximum atomic E-state index is 11.5.